The Labute approximate surface area is 118 Å². The lowest BCUT2D eigenvalue weighted by Gasteiger charge is -2.08. The lowest BCUT2D eigenvalue weighted by molar-refractivity contribution is 0.558. The van der Waals surface area contributed by atoms with Crippen molar-refractivity contribution < 1.29 is 12.8 Å². The van der Waals surface area contributed by atoms with Gasteiger partial charge in [0.2, 0.25) is 0 Å². The summed E-state index contributed by atoms with van der Waals surface area (Å²) in [5.41, 5.74) is 0.264. The molecule has 0 saturated heterocycles. The average Bonchev–Trinajstić information content (AvgIpc) is 2.78. The Balaban J connectivity index is 2.19. The van der Waals surface area contributed by atoms with Gasteiger partial charge in [0.25, 0.3) is 10.0 Å². The summed E-state index contributed by atoms with van der Waals surface area (Å²) >= 11 is 3.21. The maximum atomic E-state index is 13.5. The molecule has 0 aliphatic heterocycles. The second-order valence-electron chi connectivity index (χ2n) is 3.85. The molecule has 1 heterocycles. The second-order valence-corrected chi connectivity index (χ2v) is 6.48. The van der Waals surface area contributed by atoms with Crippen molar-refractivity contribution in [1.29, 1.82) is 0 Å². The van der Waals surface area contributed by atoms with Crippen LogP contribution in [0.2, 0.25) is 0 Å². The molecule has 102 valence electrons. The van der Waals surface area contributed by atoms with E-state index < -0.39 is 15.8 Å². The first kappa shape index (κ1) is 14.2. The first-order valence-electron chi connectivity index (χ1n) is 5.32. The van der Waals surface area contributed by atoms with Crippen molar-refractivity contribution in [1.82, 2.24) is 14.5 Å². The summed E-state index contributed by atoms with van der Waals surface area (Å²) in [4.78, 5) is 0. The molecular weight excluding hydrogens is 337 g/mol. The van der Waals surface area contributed by atoms with Crippen LogP contribution in [0.4, 0.5) is 4.39 Å². The highest BCUT2D eigenvalue weighted by molar-refractivity contribution is 9.10. The van der Waals surface area contributed by atoms with Crippen LogP contribution >= 0.6 is 15.9 Å². The quantitative estimate of drug-likeness (QED) is 0.917. The first-order valence-corrected chi connectivity index (χ1v) is 7.59. The molecule has 8 heteroatoms. The summed E-state index contributed by atoms with van der Waals surface area (Å²) in [6, 6.07) is 5.73. The van der Waals surface area contributed by atoms with E-state index >= 15 is 0 Å². The highest BCUT2D eigenvalue weighted by atomic mass is 79.9. The largest absolute Gasteiger partial charge is 0.258 e. The number of aromatic nitrogens is 2. The van der Waals surface area contributed by atoms with Crippen molar-refractivity contribution in [2.24, 2.45) is 7.05 Å². The molecule has 5 nitrogen and oxygen atoms in total. The van der Waals surface area contributed by atoms with Crippen molar-refractivity contribution in [3.05, 3.63) is 46.3 Å². The summed E-state index contributed by atoms with van der Waals surface area (Å²) < 4.78 is 41.7. The molecule has 0 unspecified atom stereocenters. The zero-order valence-corrected chi connectivity index (χ0v) is 12.4. The summed E-state index contributed by atoms with van der Waals surface area (Å²) in [5.74, 6) is -0.462. The Morgan fingerprint density at radius 2 is 2.16 bits per heavy atom. The number of rotatable bonds is 4. The number of halogens is 2. The van der Waals surface area contributed by atoms with Crippen LogP contribution in [0.1, 0.15) is 5.56 Å². The molecule has 0 radical (unpaired) electrons. The van der Waals surface area contributed by atoms with Crippen molar-refractivity contribution in [2.75, 3.05) is 0 Å². The molecule has 0 spiro atoms. The molecule has 19 heavy (non-hydrogen) atoms. The Hall–Kier alpha value is -1.25. The smallest absolute Gasteiger partial charge is 0.256 e. The van der Waals surface area contributed by atoms with Gasteiger partial charge in [-0.05, 0) is 24.3 Å². The number of aryl methyl sites for hydroxylation is 1. The second kappa shape index (κ2) is 5.40. The number of hydrogen-bond acceptors (Lipinski definition) is 3. The van der Waals surface area contributed by atoms with E-state index in [1.807, 2.05) is 0 Å². The van der Waals surface area contributed by atoms with Gasteiger partial charge in [0, 0.05) is 23.6 Å². The SMILES string of the molecule is Cn1nccc1S(=O)(=O)NCc1cc(Br)ccc1F. The van der Waals surface area contributed by atoms with Gasteiger partial charge in [-0.2, -0.15) is 5.10 Å². The van der Waals surface area contributed by atoms with Gasteiger partial charge in [-0.25, -0.2) is 17.5 Å². The predicted octanol–water partition coefficient (Wildman–Crippen LogP) is 1.80. The molecule has 1 aromatic carbocycles. The van der Waals surface area contributed by atoms with Gasteiger partial charge in [0.1, 0.15) is 5.82 Å². The van der Waals surface area contributed by atoms with Gasteiger partial charge in [0.15, 0.2) is 5.03 Å². The molecule has 0 aliphatic rings. The molecule has 0 bridgehead atoms. The first-order chi connectivity index (χ1) is 8.90. The van der Waals surface area contributed by atoms with E-state index in [2.05, 4.69) is 25.8 Å². The Morgan fingerprint density at radius 1 is 1.42 bits per heavy atom. The molecule has 0 aliphatic carbocycles. The van der Waals surface area contributed by atoms with E-state index in [1.165, 1.54) is 36.1 Å². The molecule has 2 aromatic rings. The fraction of sp³-hybridized carbons (Fsp3) is 0.182. The highest BCUT2D eigenvalue weighted by Crippen LogP contribution is 2.16. The lowest BCUT2D eigenvalue weighted by atomic mass is 10.2. The molecule has 0 amide bonds. The van der Waals surface area contributed by atoms with Gasteiger partial charge < -0.3 is 0 Å². The zero-order valence-electron chi connectivity index (χ0n) is 9.97. The topological polar surface area (TPSA) is 64.0 Å². The van der Waals surface area contributed by atoms with E-state index in [0.717, 1.165) is 0 Å². The molecule has 0 atom stereocenters. The van der Waals surface area contributed by atoms with E-state index in [4.69, 9.17) is 0 Å². The molecule has 0 saturated carbocycles. The van der Waals surface area contributed by atoms with Crippen LogP contribution in [-0.2, 0) is 23.6 Å². The minimum Gasteiger partial charge on any atom is -0.256 e. The Kier molecular flexibility index (Phi) is 4.02. The van der Waals surface area contributed by atoms with Gasteiger partial charge in [-0.3, -0.25) is 4.68 Å². The Morgan fingerprint density at radius 3 is 2.79 bits per heavy atom. The maximum Gasteiger partial charge on any atom is 0.258 e. The van der Waals surface area contributed by atoms with Crippen LogP contribution in [0.5, 0.6) is 0 Å². The fourth-order valence-electron chi connectivity index (χ4n) is 1.55. The number of sulfonamides is 1. The zero-order chi connectivity index (χ0) is 14.0. The van der Waals surface area contributed by atoms with Gasteiger partial charge in [-0.1, -0.05) is 15.9 Å². The minimum absolute atomic E-state index is 0.0305. The standard InChI is InChI=1S/C11H11BrFN3O2S/c1-16-11(4-5-14-16)19(17,18)15-7-8-6-9(12)2-3-10(8)13/h2-6,15H,7H2,1H3. The van der Waals surface area contributed by atoms with Crippen LogP contribution in [0.3, 0.4) is 0 Å². The lowest BCUT2D eigenvalue weighted by Crippen LogP contribution is -2.25. The van der Waals surface area contributed by atoms with Gasteiger partial charge in [0.05, 0.1) is 6.20 Å². The van der Waals surface area contributed by atoms with Gasteiger partial charge >= 0.3 is 0 Å². The third kappa shape index (κ3) is 3.20. The maximum absolute atomic E-state index is 13.5. The predicted molar refractivity (Wildman–Crippen MR) is 71.3 cm³/mol. The van der Waals surface area contributed by atoms with Crippen LogP contribution in [0.25, 0.3) is 0 Å². The van der Waals surface area contributed by atoms with Crippen LogP contribution < -0.4 is 4.72 Å². The van der Waals surface area contributed by atoms with Crippen molar-refractivity contribution in [3.8, 4) is 0 Å². The number of hydrogen-bond donors (Lipinski definition) is 1. The Bertz CT molecular complexity index is 700. The van der Waals surface area contributed by atoms with Crippen LogP contribution in [-0.4, -0.2) is 18.2 Å². The summed E-state index contributed by atoms with van der Waals surface area (Å²) in [6.07, 6.45) is 1.38. The van der Waals surface area contributed by atoms with Gasteiger partial charge in [-0.15, -0.1) is 0 Å². The highest BCUT2D eigenvalue weighted by Gasteiger charge is 2.18. The van der Waals surface area contributed by atoms with Crippen LogP contribution in [0, 0.1) is 5.82 Å². The van der Waals surface area contributed by atoms with E-state index in [0.29, 0.717) is 4.47 Å². The minimum atomic E-state index is -3.71. The van der Waals surface area contributed by atoms with E-state index in [1.54, 1.807) is 6.07 Å². The third-order valence-electron chi connectivity index (χ3n) is 2.51. The normalized spacial score (nSPS) is 11.7. The number of nitrogens with one attached hydrogen (secondary N) is 1. The molecule has 1 N–H and O–H groups in total. The average molecular weight is 348 g/mol. The summed E-state index contributed by atoms with van der Waals surface area (Å²) in [6.45, 7) is -0.126. The molecule has 1 aromatic heterocycles. The van der Waals surface area contributed by atoms with Crippen molar-refractivity contribution >= 4 is 26.0 Å². The van der Waals surface area contributed by atoms with E-state index in [9.17, 15) is 12.8 Å². The third-order valence-corrected chi connectivity index (χ3v) is 4.48. The summed E-state index contributed by atoms with van der Waals surface area (Å²) in [7, 11) is -2.18. The number of benzene rings is 1. The molecule has 0 fully saturated rings. The fourth-order valence-corrected chi connectivity index (χ4v) is 3.09. The number of nitrogens with zero attached hydrogens (tertiary/aromatic N) is 2. The van der Waals surface area contributed by atoms with Crippen molar-refractivity contribution in [3.63, 3.8) is 0 Å². The van der Waals surface area contributed by atoms with Crippen LogP contribution in [0.15, 0.2) is 40.0 Å². The summed E-state index contributed by atoms with van der Waals surface area (Å²) in [5, 5.41) is 3.82. The molecular formula is C11H11BrFN3O2S. The molecule has 2 rings (SSSR count). The van der Waals surface area contributed by atoms with E-state index in [-0.39, 0.29) is 17.1 Å². The monoisotopic (exact) mass is 347 g/mol. The van der Waals surface area contributed by atoms with Crippen molar-refractivity contribution in [2.45, 2.75) is 11.6 Å².